The fourth-order valence-electron chi connectivity index (χ4n) is 3.52. The van der Waals surface area contributed by atoms with E-state index in [9.17, 15) is 14.7 Å². The lowest BCUT2D eigenvalue weighted by Gasteiger charge is -2.41. The van der Waals surface area contributed by atoms with Crippen LogP contribution in [-0.4, -0.2) is 47.6 Å². The van der Waals surface area contributed by atoms with Crippen LogP contribution < -0.4 is 5.32 Å². The minimum absolute atomic E-state index is 0.0339. The van der Waals surface area contributed by atoms with Crippen LogP contribution >= 0.6 is 0 Å². The summed E-state index contributed by atoms with van der Waals surface area (Å²) in [5.74, 6) is -0.218. The molecule has 2 heterocycles. The Kier molecular flexibility index (Phi) is 4.91. The number of piperidine rings is 2. The van der Waals surface area contributed by atoms with Gasteiger partial charge in [-0.25, -0.2) is 0 Å². The number of carbonyl (C=O) groups is 2. The van der Waals surface area contributed by atoms with E-state index in [1.165, 1.54) is 0 Å². The molecule has 0 bridgehead atoms. The van der Waals surface area contributed by atoms with Gasteiger partial charge in [0.1, 0.15) is 0 Å². The molecule has 2 aliphatic rings. The van der Waals surface area contributed by atoms with Gasteiger partial charge in [0, 0.05) is 13.1 Å². The van der Waals surface area contributed by atoms with Gasteiger partial charge >= 0.3 is 5.97 Å². The van der Waals surface area contributed by atoms with Crippen LogP contribution in [0.5, 0.6) is 0 Å². The van der Waals surface area contributed by atoms with Gasteiger partial charge in [0.2, 0.25) is 5.91 Å². The van der Waals surface area contributed by atoms with E-state index >= 15 is 0 Å². The molecule has 0 aliphatic carbocycles. The fourth-order valence-corrected chi connectivity index (χ4v) is 3.52. The van der Waals surface area contributed by atoms with Crippen molar-refractivity contribution >= 4 is 11.9 Å². The topological polar surface area (TPSA) is 69.6 Å². The van der Waals surface area contributed by atoms with Crippen molar-refractivity contribution in [2.75, 3.05) is 19.6 Å². The first-order valence-corrected chi connectivity index (χ1v) is 8.09. The van der Waals surface area contributed by atoms with Crippen LogP contribution in [0.15, 0.2) is 0 Å². The molecule has 5 heteroatoms. The Morgan fingerprint density at radius 2 is 1.95 bits per heavy atom. The molecule has 0 radical (unpaired) electrons. The number of carboxylic acids is 1. The van der Waals surface area contributed by atoms with Crippen molar-refractivity contribution in [1.82, 2.24) is 10.2 Å². The van der Waals surface area contributed by atoms with Crippen LogP contribution in [-0.2, 0) is 9.59 Å². The second-order valence-corrected chi connectivity index (χ2v) is 7.20. The zero-order valence-corrected chi connectivity index (χ0v) is 13.4. The molecule has 2 fully saturated rings. The Hall–Kier alpha value is -1.10. The van der Waals surface area contributed by atoms with Crippen molar-refractivity contribution in [2.45, 2.75) is 52.5 Å². The molecule has 0 aromatic rings. The number of nitrogens with zero attached hydrogens (tertiary/aromatic N) is 1. The molecule has 0 saturated carbocycles. The lowest BCUT2D eigenvalue weighted by atomic mass is 9.74. The second-order valence-electron chi connectivity index (χ2n) is 7.20. The maximum Gasteiger partial charge on any atom is 0.309 e. The number of rotatable bonds is 3. The van der Waals surface area contributed by atoms with Crippen molar-refractivity contribution in [1.29, 1.82) is 0 Å². The van der Waals surface area contributed by atoms with Crippen molar-refractivity contribution in [3.05, 3.63) is 0 Å². The third-order valence-corrected chi connectivity index (χ3v) is 5.34. The van der Waals surface area contributed by atoms with Gasteiger partial charge in [0.25, 0.3) is 0 Å². The van der Waals surface area contributed by atoms with E-state index in [-0.39, 0.29) is 17.9 Å². The van der Waals surface area contributed by atoms with Crippen molar-refractivity contribution in [2.24, 2.45) is 17.3 Å². The first kappa shape index (κ1) is 16.3. The number of carboxylic acid groups (broad SMARTS) is 1. The predicted molar refractivity (Wildman–Crippen MR) is 80.9 cm³/mol. The summed E-state index contributed by atoms with van der Waals surface area (Å²) < 4.78 is 0. The first-order chi connectivity index (χ1) is 9.84. The van der Waals surface area contributed by atoms with Crippen LogP contribution in [0.3, 0.4) is 0 Å². The number of likely N-dealkylation sites (tertiary alicyclic amines) is 1. The van der Waals surface area contributed by atoms with Crippen molar-refractivity contribution in [3.63, 3.8) is 0 Å². The lowest BCUT2D eigenvalue weighted by molar-refractivity contribution is -0.153. The van der Waals surface area contributed by atoms with Gasteiger partial charge in [-0.2, -0.15) is 0 Å². The molecule has 0 spiro atoms. The second kappa shape index (κ2) is 6.34. The van der Waals surface area contributed by atoms with E-state index in [1.54, 1.807) is 13.8 Å². The lowest BCUT2D eigenvalue weighted by Crippen LogP contribution is -2.55. The highest BCUT2D eigenvalue weighted by atomic mass is 16.4. The molecule has 1 amide bonds. The van der Waals surface area contributed by atoms with E-state index in [1.807, 2.05) is 4.90 Å². The van der Waals surface area contributed by atoms with Crippen LogP contribution in [0.25, 0.3) is 0 Å². The highest BCUT2D eigenvalue weighted by Gasteiger charge is 2.41. The molecule has 5 nitrogen and oxygen atoms in total. The average molecular weight is 296 g/mol. The summed E-state index contributed by atoms with van der Waals surface area (Å²) in [5, 5.41) is 12.7. The summed E-state index contributed by atoms with van der Waals surface area (Å²) >= 11 is 0. The molecule has 0 aromatic heterocycles. The Balaban J connectivity index is 2.03. The number of nitrogens with one attached hydrogen (secondary N) is 1. The Labute approximate surface area is 127 Å². The fraction of sp³-hybridized carbons (Fsp3) is 0.875. The Morgan fingerprint density at radius 1 is 1.24 bits per heavy atom. The molecular weight excluding hydrogens is 268 g/mol. The van der Waals surface area contributed by atoms with Crippen LogP contribution in [0, 0.1) is 17.3 Å². The summed E-state index contributed by atoms with van der Waals surface area (Å²) in [4.78, 5) is 26.0. The zero-order valence-electron chi connectivity index (χ0n) is 13.4. The summed E-state index contributed by atoms with van der Waals surface area (Å²) in [6.45, 7) is 7.90. The quantitative estimate of drug-likeness (QED) is 0.832. The molecule has 2 aliphatic heterocycles. The number of carbonyl (C=O) groups excluding carboxylic acids is 1. The van der Waals surface area contributed by atoms with E-state index in [0.717, 1.165) is 38.8 Å². The molecule has 120 valence electrons. The largest absolute Gasteiger partial charge is 0.481 e. The van der Waals surface area contributed by atoms with E-state index in [0.29, 0.717) is 12.5 Å². The maximum atomic E-state index is 12.7. The first-order valence-electron chi connectivity index (χ1n) is 8.09. The third kappa shape index (κ3) is 3.39. The van der Waals surface area contributed by atoms with Gasteiger partial charge < -0.3 is 15.3 Å². The van der Waals surface area contributed by atoms with E-state index < -0.39 is 11.4 Å². The molecule has 3 unspecified atom stereocenters. The van der Waals surface area contributed by atoms with Crippen molar-refractivity contribution in [3.8, 4) is 0 Å². The zero-order chi connectivity index (χ0) is 15.6. The molecule has 2 N–H and O–H groups in total. The predicted octanol–water partition coefficient (Wildman–Crippen LogP) is 1.72. The molecule has 2 rings (SSSR count). The third-order valence-electron chi connectivity index (χ3n) is 5.34. The summed E-state index contributed by atoms with van der Waals surface area (Å²) in [6.07, 6.45) is 3.99. The molecule has 2 saturated heterocycles. The van der Waals surface area contributed by atoms with E-state index in [2.05, 4.69) is 12.2 Å². The SMILES string of the molecule is CC1CCCNC1C(=O)N1CCCC(C(C)(C)C(=O)O)C1. The highest BCUT2D eigenvalue weighted by molar-refractivity contribution is 5.82. The number of aliphatic carboxylic acids is 1. The van der Waals surface area contributed by atoms with Crippen LogP contribution in [0.2, 0.25) is 0 Å². The van der Waals surface area contributed by atoms with Gasteiger partial charge in [0.05, 0.1) is 11.5 Å². The minimum Gasteiger partial charge on any atom is -0.481 e. The maximum absolute atomic E-state index is 12.7. The molecule has 0 aromatic carbocycles. The normalized spacial score (nSPS) is 31.0. The Bertz CT molecular complexity index is 408. The Morgan fingerprint density at radius 3 is 2.57 bits per heavy atom. The number of hydrogen-bond acceptors (Lipinski definition) is 3. The van der Waals surface area contributed by atoms with Gasteiger partial charge in [-0.1, -0.05) is 6.92 Å². The van der Waals surface area contributed by atoms with E-state index in [4.69, 9.17) is 0 Å². The minimum atomic E-state index is -0.773. The summed E-state index contributed by atoms with van der Waals surface area (Å²) in [6, 6.07) is -0.0922. The van der Waals surface area contributed by atoms with Crippen LogP contribution in [0.1, 0.15) is 46.5 Å². The smallest absolute Gasteiger partial charge is 0.309 e. The number of amides is 1. The van der Waals surface area contributed by atoms with Crippen molar-refractivity contribution < 1.29 is 14.7 Å². The van der Waals surface area contributed by atoms with Gasteiger partial charge in [-0.05, 0) is 57.9 Å². The molecule has 3 atom stereocenters. The standard InChI is InChI=1S/C16H28N2O3/c1-11-6-4-8-17-13(11)14(19)18-9-5-7-12(10-18)16(2,3)15(20)21/h11-13,17H,4-10H2,1-3H3,(H,20,21). The summed E-state index contributed by atoms with van der Waals surface area (Å²) in [7, 11) is 0. The number of hydrogen-bond donors (Lipinski definition) is 2. The summed E-state index contributed by atoms with van der Waals surface area (Å²) in [5.41, 5.74) is -0.773. The van der Waals surface area contributed by atoms with Gasteiger partial charge in [-0.3, -0.25) is 9.59 Å². The van der Waals surface area contributed by atoms with Gasteiger partial charge in [-0.15, -0.1) is 0 Å². The average Bonchev–Trinajstić information content (AvgIpc) is 2.47. The monoisotopic (exact) mass is 296 g/mol. The molecule has 21 heavy (non-hydrogen) atoms. The van der Waals surface area contributed by atoms with Crippen LogP contribution in [0.4, 0.5) is 0 Å². The molecular formula is C16H28N2O3. The van der Waals surface area contributed by atoms with Gasteiger partial charge in [0.15, 0.2) is 0 Å². The highest BCUT2D eigenvalue weighted by Crippen LogP contribution is 2.34.